The van der Waals surface area contributed by atoms with Gasteiger partial charge in [-0.05, 0) is 5.92 Å². The molecule has 0 aromatic carbocycles. The summed E-state index contributed by atoms with van der Waals surface area (Å²) in [6.07, 6.45) is 0.497. The number of hydrogen-bond donors (Lipinski definition) is 0. The van der Waals surface area contributed by atoms with Crippen LogP contribution in [0.5, 0.6) is 0 Å². The summed E-state index contributed by atoms with van der Waals surface area (Å²) in [5, 5.41) is 0.785. The van der Waals surface area contributed by atoms with Gasteiger partial charge in [0.15, 0.2) is 5.12 Å². The molecule has 1 saturated heterocycles. The van der Waals surface area contributed by atoms with Crippen LogP contribution in [0.1, 0.15) is 38.9 Å². The molecule has 0 spiro atoms. The second-order valence-corrected chi connectivity index (χ2v) is 6.89. The first-order valence-corrected chi connectivity index (χ1v) is 8.00. The highest BCUT2D eigenvalue weighted by molar-refractivity contribution is 8.13. The number of carbonyl (C=O) groups excluding carboxylic acids is 2. The predicted octanol–water partition coefficient (Wildman–Crippen LogP) is 2.29. The van der Waals surface area contributed by atoms with Crippen molar-refractivity contribution in [3.05, 3.63) is 5.82 Å². The summed E-state index contributed by atoms with van der Waals surface area (Å²) >= 11 is 2.56. The first-order valence-electron chi connectivity index (χ1n) is 6.24. The predicted molar refractivity (Wildman–Crippen MR) is 77.6 cm³/mol. The number of thioether (sulfide) groups is 1. The number of aromatic nitrogens is 2. The van der Waals surface area contributed by atoms with Gasteiger partial charge in [0.1, 0.15) is 5.82 Å². The van der Waals surface area contributed by atoms with E-state index >= 15 is 0 Å². The van der Waals surface area contributed by atoms with Crippen LogP contribution < -0.4 is 4.90 Å². The number of rotatable bonds is 4. The van der Waals surface area contributed by atoms with Crippen LogP contribution in [0.25, 0.3) is 0 Å². The number of nitrogens with zero attached hydrogens (tertiary/aromatic N) is 3. The number of amides is 1. The lowest BCUT2D eigenvalue weighted by molar-refractivity contribution is -0.117. The van der Waals surface area contributed by atoms with E-state index in [-0.39, 0.29) is 22.9 Å². The minimum absolute atomic E-state index is 0.0839. The van der Waals surface area contributed by atoms with Crippen LogP contribution in [0.3, 0.4) is 0 Å². The molecule has 1 aromatic heterocycles. The molecule has 1 aliphatic rings. The third kappa shape index (κ3) is 3.54. The van der Waals surface area contributed by atoms with Gasteiger partial charge in [0.2, 0.25) is 11.0 Å². The lowest BCUT2D eigenvalue weighted by atomic mass is 10.1. The standard InChI is InChI=1S/C12H17N3O2S2/c1-7(2)11-13-12(19-14-11)15-5-9(4-10(15)17)6-18-8(3)16/h7,9H,4-6H2,1-3H3. The molecule has 0 radical (unpaired) electrons. The van der Waals surface area contributed by atoms with Crippen molar-refractivity contribution in [3.63, 3.8) is 0 Å². The fraction of sp³-hybridized carbons (Fsp3) is 0.667. The minimum atomic E-state index is 0.0839. The Balaban J connectivity index is 2.00. The molecule has 1 fully saturated rings. The molecular formula is C12H17N3O2S2. The van der Waals surface area contributed by atoms with Gasteiger partial charge in [-0.25, -0.2) is 4.98 Å². The van der Waals surface area contributed by atoms with Gasteiger partial charge in [0.05, 0.1) is 0 Å². The van der Waals surface area contributed by atoms with Crippen molar-refractivity contribution in [2.24, 2.45) is 5.92 Å². The molecule has 1 atom stereocenters. The molecule has 1 unspecified atom stereocenters. The van der Waals surface area contributed by atoms with Crippen LogP contribution in [0.4, 0.5) is 5.13 Å². The zero-order valence-electron chi connectivity index (χ0n) is 11.3. The van der Waals surface area contributed by atoms with Crippen molar-refractivity contribution < 1.29 is 9.59 Å². The molecule has 5 nitrogen and oxygen atoms in total. The first-order chi connectivity index (χ1) is 8.97. The Morgan fingerprint density at radius 2 is 2.32 bits per heavy atom. The molecule has 0 N–H and O–H groups in total. The Labute approximate surface area is 121 Å². The van der Waals surface area contributed by atoms with Crippen molar-refractivity contribution in [2.45, 2.75) is 33.1 Å². The summed E-state index contributed by atoms with van der Waals surface area (Å²) in [6, 6.07) is 0. The van der Waals surface area contributed by atoms with Gasteiger partial charge >= 0.3 is 0 Å². The monoisotopic (exact) mass is 299 g/mol. The van der Waals surface area contributed by atoms with Crippen molar-refractivity contribution in [2.75, 3.05) is 17.2 Å². The van der Waals surface area contributed by atoms with E-state index in [2.05, 4.69) is 9.36 Å². The highest BCUT2D eigenvalue weighted by Crippen LogP contribution is 2.29. The number of carbonyl (C=O) groups is 2. The third-order valence-corrected chi connectivity index (χ3v) is 4.70. The van der Waals surface area contributed by atoms with E-state index in [1.54, 1.807) is 11.8 Å². The summed E-state index contributed by atoms with van der Waals surface area (Å²) in [6.45, 7) is 6.26. The van der Waals surface area contributed by atoms with Crippen molar-refractivity contribution in [3.8, 4) is 0 Å². The van der Waals surface area contributed by atoms with Crippen molar-refractivity contribution in [1.82, 2.24) is 9.36 Å². The Morgan fingerprint density at radius 3 is 2.89 bits per heavy atom. The average molecular weight is 299 g/mol. The summed E-state index contributed by atoms with van der Waals surface area (Å²) in [7, 11) is 0. The van der Waals surface area contributed by atoms with Gasteiger partial charge in [-0.3, -0.25) is 14.5 Å². The molecule has 2 heterocycles. The fourth-order valence-corrected chi connectivity index (χ4v) is 3.41. The van der Waals surface area contributed by atoms with Crippen molar-refractivity contribution in [1.29, 1.82) is 0 Å². The second kappa shape index (κ2) is 6.00. The lowest BCUT2D eigenvalue weighted by Gasteiger charge is -2.11. The molecule has 7 heteroatoms. The van der Waals surface area contributed by atoms with Crippen LogP contribution >= 0.6 is 23.3 Å². The molecule has 19 heavy (non-hydrogen) atoms. The topological polar surface area (TPSA) is 63.2 Å². The summed E-state index contributed by atoms with van der Waals surface area (Å²) in [4.78, 5) is 29.0. The maximum absolute atomic E-state index is 12.0. The Kier molecular flexibility index (Phi) is 4.57. The highest BCUT2D eigenvalue weighted by atomic mass is 32.2. The van der Waals surface area contributed by atoms with Crippen LogP contribution in [0, 0.1) is 5.92 Å². The number of hydrogen-bond acceptors (Lipinski definition) is 6. The molecule has 0 aliphatic carbocycles. The van der Waals surface area contributed by atoms with E-state index < -0.39 is 0 Å². The Hall–Kier alpha value is -0.950. The molecule has 1 amide bonds. The SMILES string of the molecule is CC(=O)SCC1CC(=O)N(c2nc(C(C)C)ns2)C1. The molecule has 1 aliphatic heterocycles. The zero-order chi connectivity index (χ0) is 14.0. The molecule has 2 rings (SSSR count). The second-order valence-electron chi connectivity index (χ2n) is 4.97. The van der Waals surface area contributed by atoms with Crippen LogP contribution in [0.15, 0.2) is 0 Å². The summed E-state index contributed by atoms with van der Waals surface area (Å²) < 4.78 is 4.27. The minimum Gasteiger partial charge on any atom is -0.288 e. The van der Waals surface area contributed by atoms with E-state index in [9.17, 15) is 9.59 Å². The van der Waals surface area contributed by atoms with Gasteiger partial charge in [0.25, 0.3) is 0 Å². The van der Waals surface area contributed by atoms with E-state index in [0.717, 1.165) is 5.82 Å². The average Bonchev–Trinajstić information content (AvgIpc) is 2.92. The molecule has 104 valence electrons. The molecular weight excluding hydrogens is 282 g/mol. The van der Waals surface area contributed by atoms with Crippen LogP contribution in [-0.2, 0) is 9.59 Å². The third-order valence-electron chi connectivity index (χ3n) is 2.91. The normalized spacial score (nSPS) is 19.5. The number of anilines is 1. The van der Waals surface area contributed by atoms with Gasteiger partial charge in [-0.1, -0.05) is 25.6 Å². The zero-order valence-corrected chi connectivity index (χ0v) is 12.9. The van der Waals surface area contributed by atoms with Gasteiger partial charge in [0, 0.05) is 43.1 Å². The maximum Gasteiger partial charge on any atom is 0.229 e. The van der Waals surface area contributed by atoms with Crippen LogP contribution in [-0.4, -0.2) is 32.7 Å². The molecule has 1 aromatic rings. The first kappa shape index (κ1) is 14.5. The quantitative estimate of drug-likeness (QED) is 0.853. The van der Waals surface area contributed by atoms with E-state index in [1.807, 2.05) is 13.8 Å². The maximum atomic E-state index is 12.0. The lowest BCUT2D eigenvalue weighted by Crippen LogP contribution is -2.24. The Morgan fingerprint density at radius 1 is 1.58 bits per heavy atom. The molecule has 0 saturated carbocycles. The highest BCUT2D eigenvalue weighted by Gasteiger charge is 2.32. The Bertz CT molecular complexity index is 487. The van der Waals surface area contributed by atoms with E-state index in [1.165, 1.54) is 23.3 Å². The van der Waals surface area contributed by atoms with Gasteiger partial charge in [-0.2, -0.15) is 4.37 Å². The fourth-order valence-electron chi connectivity index (χ4n) is 1.88. The van der Waals surface area contributed by atoms with E-state index in [4.69, 9.17) is 0 Å². The smallest absolute Gasteiger partial charge is 0.229 e. The summed E-state index contributed by atoms with van der Waals surface area (Å²) in [5.74, 6) is 2.07. The van der Waals surface area contributed by atoms with Gasteiger partial charge < -0.3 is 0 Å². The van der Waals surface area contributed by atoms with Gasteiger partial charge in [-0.15, -0.1) is 0 Å². The van der Waals surface area contributed by atoms with Crippen molar-refractivity contribution >= 4 is 39.4 Å². The summed E-state index contributed by atoms with van der Waals surface area (Å²) in [5.41, 5.74) is 0. The van der Waals surface area contributed by atoms with Crippen LogP contribution in [0.2, 0.25) is 0 Å². The van der Waals surface area contributed by atoms with E-state index in [0.29, 0.717) is 23.8 Å². The largest absolute Gasteiger partial charge is 0.288 e. The molecule has 0 bridgehead atoms.